The molecule has 5 rings (SSSR count). The predicted molar refractivity (Wildman–Crippen MR) is 134 cm³/mol. The minimum Gasteiger partial charge on any atom is -0.497 e. The molecule has 0 bridgehead atoms. The van der Waals surface area contributed by atoms with Crippen LogP contribution in [0.4, 0.5) is 5.69 Å². The summed E-state index contributed by atoms with van der Waals surface area (Å²) in [6, 6.07) is 14.0. The molecule has 176 valence electrons. The fourth-order valence-electron chi connectivity index (χ4n) is 5.29. The van der Waals surface area contributed by atoms with Crippen LogP contribution in [0.15, 0.2) is 54.2 Å². The molecule has 1 N–H and O–H groups in total. The van der Waals surface area contributed by atoms with Crippen LogP contribution in [-0.2, 0) is 16.6 Å². The molecule has 34 heavy (non-hydrogen) atoms. The first-order chi connectivity index (χ1) is 16.4. The summed E-state index contributed by atoms with van der Waals surface area (Å²) in [6.07, 6.45) is 2.96. The van der Waals surface area contributed by atoms with E-state index in [4.69, 9.17) is 4.74 Å². The molecule has 2 aromatic carbocycles. The van der Waals surface area contributed by atoms with Gasteiger partial charge in [0.1, 0.15) is 5.75 Å². The first kappa shape index (κ1) is 22.2. The lowest BCUT2D eigenvalue weighted by atomic mass is 9.88. The Hall–Kier alpha value is -3.58. The molecule has 0 saturated heterocycles. The number of benzene rings is 2. The van der Waals surface area contributed by atoms with Crippen LogP contribution in [0.2, 0.25) is 0 Å². The number of fused-ring (bicyclic) bond motifs is 2. The van der Waals surface area contributed by atoms with Crippen molar-refractivity contribution < 1.29 is 14.3 Å². The average molecular weight is 459 g/mol. The van der Waals surface area contributed by atoms with Crippen molar-refractivity contribution in [1.82, 2.24) is 14.8 Å². The summed E-state index contributed by atoms with van der Waals surface area (Å²) in [5.74, 6) is -0.102. The number of anilines is 1. The number of hydrogen-bond donors (Lipinski definition) is 1. The molecule has 0 fully saturated rings. The van der Waals surface area contributed by atoms with Gasteiger partial charge in [-0.05, 0) is 56.9 Å². The number of methoxy groups -OCH3 is 1. The quantitative estimate of drug-likeness (QED) is 0.551. The van der Waals surface area contributed by atoms with Crippen molar-refractivity contribution in [3.8, 4) is 5.75 Å². The number of nitrogens with one attached hydrogen (secondary N) is 1. The lowest BCUT2D eigenvalue weighted by Gasteiger charge is -2.21. The van der Waals surface area contributed by atoms with E-state index in [9.17, 15) is 9.59 Å². The maximum Gasteiger partial charge on any atom is 0.259 e. The molecular weight excluding hydrogens is 428 g/mol. The van der Waals surface area contributed by atoms with Crippen LogP contribution in [0.5, 0.6) is 5.75 Å². The maximum absolute atomic E-state index is 13.2. The van der Waals surface area contributed by atoms with E-state index in [1.165, 1.54) is 0 Å². The van der Waals surface area contributed by atoms with Crippen molar-refractivity contribution in [1.29, 1.82) is 0 Å². The van der Waals surface area contributed by atoms with Crippen molar-refractivity contribution in [3.05, 3.63) is 65.4 Å². The Labute approximate surface area is 199 Å². The SMILES string of the molecule is COc1ccc2c(c1)C(C1=C(c3cn(C)c4ccccc34)C(=O)NC1=O)CN2CCCN(C)C. The summed E-state index contributed by atoms with van der Waals surface area (Å²) in [5.41, 5.74) is 4.98. The molecule has 1 aromatic heterocycles. The fourth-order valence-corrected chi connectivity index (χ4v) is 5.29. The average Bonchev–Trinajstić information content (AvgIpc) is 3.44. The molecule has 7 heteroatoms. The van der Waals surface area contributed by atoms with Crippen LogP contribution in [0, 0.1) is 0 Å². The number of rotatable bonds is 7. The number of imide groups is 1. The van der Waals surface area contributed by atoms with E-state index in [0.29, 0.717) is 17.7 Å². The number of carbonyl (C=O) groups excluding carboxylic acids is 2. The van der Waals surface area contributed by atoms with Crippen molar-refractivity contribution in [3.63, 3.8) is 0 Å². The maximum atomic E-state index is 13.2. The first-order valence-electron chi connectivity index (χ1n) is 11.6. The van der Waals surface area contributed by atoms with Crippen LogP contribution in [0.3, 0.4) is 0 Å². The monoisotopic (exact) mass is 458 g/mol. The minimum absolute atomic E-state index is 0.218. The highest BCUT2D eigenvalue weighted by atomic mass is 16.5. The van der Waals surface area contributed by atoms with E-state index in [0.717, 1.165) is 53.0 Å². The molecule has 7 nitrogen and oxygen atoms in total. The summed E-state index contributed by atoms with van der Waals surface area (Å²) >= 11 is 0. The second-order valence-corrected chi connectivity index (χ2v) is 9.32. The van der Waals surface area contributed by atoms with Gasteiger partial charge < -0.3 is 19.1 Å². The van der Waals surface area contributed by atoms with E-state index in [1.807, 2.05) is 54.2 Å². The Morgan fingerprint density at radius 2 is 1.91 bits per heavy atom. The van der Waals surface area contributed by atoms with Gasteiger partial charge in [0, 0.05) is 60.0 Å². The smallest absolute Gasteiger partial charge is 0.259 e. The molecule has 0 saturated carbocycles. The van der Waals surface area contributed by atoms with Crippen LogP contribution >= 0.6 is 0 Å². The third kappa shape index (κ3) is 3.66. The standard InChI is InChI=1S/C27H30N4O3/c1-29(2)12-7-13-31-16-21(19-14-17(34-4)10-11-23(19)31)25-24(26(32)28-27(25)33)20-15-30(3)22-9-6-5-8-18(20)22/h5-6,8-11,14-15,21H,7,12-13,16H2,1-4H3,(H,28,32,33). The third-order valence-electron chi connectivity index (χ3n) is 6.87. The summed E-state index contributed by atoms with van der Waals surface area (Å²) in [6.45, 7) is 2.51. The van der Waals surface area contributed by atoms with E-state index in [1.54, 1.807) is 7.11 Å². The van der Waals surface area contributed by atoms with Gasteiger partial charge in [0.15, 0.2) is 0 Å². The zero-order chi connectivity index (χ0) is 24.0. The van der Waals surface area contributed by atoms with Gasteiger partial charge in [-0.2, -0.15) is 0 Å². The number of aryl methyl sites for hydroxylation is 1. The van der Waals surface area contributed by atoms with E-state index in [2.05, 4.69) is 35.3 Å². The molecule has 3 heterocycles. The largest absolute Gasteiger partial charge is 0.497 e. The first-order valence-corrected chi connectivity index (χ1v) is 11.6. The third-order valence-corrected chi connectivity index (χ3v) is 6.87. The molecule has 1 atom stereocenters. The van der Waals surface area contributed by atoms with Gasteiger partial charge >= 0.3 is 0 Å². The van der Waals surface area contributed by atoms with Crippen molar-refractivity contribution in [2.45, 2.75) is 12.3 Å². The fraction of sp³-hybridized carbons (Fsp3) is 0.333. The Morgan fingerprint density at radius 1 is 1.12 bits per heavy atom. The highest BCUT2D eigenvalue weighted by Crippen LogP contribution is 2.46. The zero-order valence-electron chi connectivity index (χ0n) is 20.1. The van der Waals surface area contributed by atoms with Crippen molar-refractivity contribution in [2.24, 2.45) is 7.05 Å². The summed E-state index contributed by atoms with van der Waals surface area (Å²) < 4.78 is 7.51. The Bertz CT molecular complexity index is 1320. The number of ether oxygens (including phenoxy) is 1. The molecule has 0 radical (unpaired) electrons. The van der Waals surface area contributed by atoms with Crippen LogP contribution in [0.25, 0.3) is 16.5 Å². The van der Waals surface area contributed by atoms with Gasteiger partial charge in [0.2, 0.25) is 0 Å². The number of aromatic nitrogens is 1. The van der Waals surface area contributed by atoms with Gasteiger partial charge in [-0.3, -0.25) is 14.9 Å². The van der Waals surface area contributed by atoms with Crippen LogP contribution in [-0.4, -0.2) is 62.1 Å². The van der Waals surface area contributed by atoms with Crippen molar-refractivity contribution in [2.75, 3.05) is 45.7 Å². The topological polar surface area (TPSA) is 66.8 Å². The second-order valence-electron chi connectivity index (χ2n) is 9.32. The molecule has 2 aliphatic rings. The van der Waals surface area contributed by atoms with Crippen molar-refractivity contribution >= 4 is 34.0 Å². The Balaban J connectivity index is 1.64. The second kappa shape index (κ2) is 8.65. The van der Waals surface area contributed by atoms with Crippen LogP contribution < -0.4 is 15.0 Å². The lowest BCUT2D eigenvalue weighted by molar-refractivity contribution is -0.123. The van der Waals surface area contributed by atoms with Gasteiger partial charge in [-0.25, -0.2) is 0 Å². The highest BCUT2D eigenvalue weighted by molar-refractivity contribution is 6.38. The lowest BCUT2D eigenvalue weighted by Crippen LogP contribution is -2.28. The van der Waals surface area contributed by atoms with E-state index in [-0.39, 0.29) is 17.7 Å². The number of carbonyl (C=O) groups is 2. The number of amides is 2. The Kier molecular flexibility index (Phi) is 5.65. The summed E-state index contributed by atoms with van der Waals surface area (Å²) in [7, 11) is 7.75. The van der Waals surface area contributed by atoms with Gasteiger partial charge in [-0.15, -0.1) is 0 Å². The zero-order valence-corrected chi connectivity index (χ0v) is 20.1. The highest BCUT2D eigenvalue weighted by Gasteiger charge is 2.42. The molecule has 1 unspecified atom stereocenters. The van der Waals surface area contributed by atoms with Gasteiger partial charge in [0.25, 0.3) is 11.8 Å². The Morgan fingerprint density at radius 3 is 2.68 bits per heavy atom. The van der Waals surface area contributed by atoms with E-state index < -0.39 is 0 Å². The molecule has 3 aromatic rings. The summed E-state index contributed by atoms with van der Waals surface area (Å²) in [4.78, 5) is 30.8. The minimum atomic E-state index is -0.327. The molecule has 0 spiro atoms. The van der Waals surface area contributed by atoms with E-state index >= 15 is 0 Å². The number of hydrogen-bond acceptors (Lipinski definition) is 5. The molecule has 2 amide bonds. The molecular formula is C27H30N4O3. The van der Waals surface area contributed by atoms with Gasteiger partial charge in [0.05, 0.1) is 12.7 Å². The van der Waals surface area contributed by atoms with Crippen LogP contribution in [0.1, 0.15) is 23.5 Å². The summed E-state index contributed by atoms with van der Waals surface area (Å²) in [5, 5.41) is 3.55. The molecule has 0 aliphatic carbocycles. The van der Waals surface area contributed by atoms with Gasteiger partial charge in [-0.1, -0.05) is 18.2 Å². The number of nitrogens with zero attached hydrogens (tertiary/aromatic N) is 3. The normalized spacial score (nSPS) is 17.8. The number of para-hydroxylation sites is 1. The molecule has 2 aliphatic heterocycles. The predicted octanol–water partition coefficient (Wildman–Crippen LogP) is 3.15.